The molecule has 1 unspecified atom stereocenters. The SMILES string of the molecule is O=S1(=O)CCCNC(c2cccc(F)c2)C1. The van der Waals surface area contributed by atoms with Gasteiger partial charge in [0.05, 0.1) is 11.5 Å². The molecule has 1 aromatic carbocycles. The molecule has 5 heteroatoms. The Kier molecular flexibility index (Phi) is 3.25. The molecule has 16 heavy (non-hydrogen) atoms. The van der Waals surface area contributed by atoms with Crippen molar-refractivity contribution in [3.05, 3.63) is 35.6 Å². The van der Waals surface area contributed by atoms with Gasteiger partial charge in [-0.15, -0.1) is 0 Å². The highest BCUT2D eigenvalue weighted by atomic mass is 32.2. The van der Waals surface area contributed by atoms with Crippen molar-refractivity contribution in [3.63, 3.8) is 0 Å². The van der Waals surface area contributed by atoms with E-state index in [1.54, 1.807) is 12.1 Å². The van der Waals surface area contributed by atoms with Crippen molar-refractivity contribution >= 4 is 9.84 Å². The molecule has 2 rings (SSSR count). The van der Waals surface area contributed by atoms with E-state index in [2.05, 4.69) is 5.32 Å². The summed E-state index contributed by atoms with van der Waals surface area (Å²) >= 11 is 0. The van der Waals surface area contributed by atoms with Crippen LogP contribution in [0.5, 0.6) is 0 Å². The number of halogens is 1. The van der Waals surface area contributed by atoms with Gasteiger partial charge in [-0.1, -0.05) is 12.1 Å². The Morgan fingerprint density at radius 3 is 2.94 bits per heavy atom. The largest absolute Gasteiger partial charge is 0.309 e. The van der Waals surface area contributed by atoms with Gasteiger partial charge in [-0.25, -0.2) is 12.8 Å². The van der Waals surface area contributed by atoms with Crippen LogP contribution in [0.25, 0.3) is 0 Å². The number of nitrogens with one attached hydrogen (secondary N) is 1. The minimum absolute atomic E-state index is 0.0520. The molecule has 1 heterocycles. The lowest BCUT2D eigenvalue weighted by Gasteiger charge is -2.15. The van der Waals surface area contributed by atoms with Gasteiger partial charge >= 0.3 is 0 Å². The number of sulfone groups is 1. The van der Waals surface area contributed by atoms with Crippen LogP contribution in [0.4, 0.5) is 4.39 Å². The molecule has 88 valence electrons. The fraction of sp³-hybridized carbons (Fsp3) is 0.455. The summed E-state index contributed by atoms with van der Waals surface area (Å²) in [6.07, 6.45) is 0.619. The monoisotopic (exact) mass is 243 g/mol. The standard InChI is InChI=1S/C11H14FNO2S/c12-10-4-1-3-9(7-10)11-8-16(14,15)6-2-5-13-11/h1,3-4,7,11,13H,2,5-6,8H2. The van der Waals surface area contributed by atoms with Crippen LogP contribution in [0.2, 0.25) is 0 Å². The summed E-state index contributed by atoms with van der Waals surface area (Å²) in [7, 11) is -3.01. The van der Waals surface area contributed by atoms with Gasteiger partial charge in [0.15, 0.2) is 9.84 Å². The molecular weight excluding hydrogens is 229 g/mol. The molecule has 1 N–H and O–H groups in total. The van der Waals surface area contributed by atoms with Crippen LogP contribution in [0.3, 0.4) is 0 Å². The highest BCUT2D eigenvalue weighted by Crippen LogP contribution is 2.19. The van der Waals surface area contributed by atoms with Gasteiger partial charge in [0.2, 0.25) is 0 Å². The van der Waals surface area contributed by atoms with E-state index < -0.39 is 9.84 Å². The maximum Gasteiger partial charge on any atom is 0.152 e. The molecule has 0 amide bonds. The zero-order chi connectivity index (χ0) is 11.6. The highest BCUT2D eigenvalue weighted by Gasteiger charge is 2.23. The van der Waals surface area contributed by atoms with E-state index in [1.807, 2.05) is 0 Å². The van der Waals surface area contributed by atoms with Crippen molar-refractivity contribution in [1.82, 2.24) is 5.32 Å². The van der Waals surface area contributed by atoms with E-state index in [0.29, 0.717) is 18.5 Å². The van der Waals surface area contributed by atoms with Crippen LogP contribution in [0.1, 0.15) is 18.0 Å². The normalized spacial score (nSPS) is 24.9. The molecule has 1 saturated heterocycles. The Balaban J connectivity index is 2.26. The molecule has 0 saturated carbocycles. The third-order valence-corrected chi connectivity index (χ3v) is 4.45. The van der Waals surface area contributed by atoms with Gasteiger partial charge in [-0.2, -0.15) is 0 Å². The van der Waals surface area contributed by atoms with Crippen LogP contribution in [0, 0.1) is 5.82 Å². The third kappa shape index (κ3) is 2.80. The van der Waals surface area contributed by atoms with Gasteiger partial charge < -0.3 is 5.32 Å². The minimum Gasteiger partial charge on any atom is -0.309 e. The van der Waals surface area contributed by atoms with E-state index in [4.69, 9.17) is 0 Å². The molecule has 1 aromatic rings. The summed E-state index contributed by atoms with van der Waals surface area (Å²) in [5, 5.41) is 3.13. The summed E-state index contributed by atoms with van der Waals surface area (Å²) in [6, 6.07) is 5.81. The maximum absolute atomic E-state index is 13.0. The first-order valence-electron chi connectivity index (χ1n) is 5.26. The van der Waals surface area contributed by atoms with Crippen LogP contribution in [0.15, 0.2) is 24.3 Å². The summed E-state index contributed by atoms with van der Waals surface area (Å²) in [5.74, 6) is -0.0663. The Labute approximate surface area is 94.6 Å². The highest BCUT2D eigenvalue weighted by molar-refractivity contribution is 7.91. The number of benzene rings is 1. The fourth-order valence-corrected chi connectivity index (χ4v) is 3.47. The van der Waals surface area contributed by atoms with Gasteiger partial charge in [0.25, 0.3) is 0 Å². The molecule has 1 atom stereocenters. The lowest BCUT2D eigenvalue weighted by Crippen LogP contribution is -2.25. The summed E-state index contributed by atoms with van der Waals surface area (Å²) in [5.41, 5.74) is 0.700. The summed E-state index contributed by atoms with van der Waals surface area (Å²) < 4.78 is 36.3. The Morgan fingerprint density at radius 2 is 2.19 bits per heavy atom. The van der Waals surface area contributed by atoms with Crippen molar-refractivity contribution < 1.29 is 12.8 Å². The topological polar surface area (TPSA) is 46.2 Å². The molecule has 0 aliphatic carbocycles. The second kappa shape index (κ2) is 4.51. The average Bonchev–Trinajstić information content (AvgIpc) is 2.39. The average molecular weight is 243 g/mol. The van der Waals surface area contributed by atoms with Crippen molar-refractivity contribution in [1.29, 1.82) is 0 Å². The Hall–Kier alpha value is -0.940. The zero-order valence-corrected chi connectivity index (χ0v) is 9.63. The van der Waals surface area contributed by atoms with Crippen LogP contribution in [-0.4, -0.2) is 26.5 Å². The van der Waals surface area contributed by atoms with Crippen molar-refractivity contribution in [2.75, 3.05) is 18.1 Å². The van der Waals surface area contributed by atoms with E-state index >= 15 is 0 Å². The van der Waals surface area contributed by atoms with E-state index in [1.165, 1.54) is 12.1 Å². The van der Waals surface area contributed by atoms with Gasteiger partial charge in [-0.05, 0) is 30.7 Å². The lowest BCUT2D eigenvalue weighted by atomic mass is 10.1. The molecule has 0 radical (unpaired) electrons. The lowest BCUT2D eigenvalue weighted by molar-refractivity contribution is 0.565. The van der Waals surface area contributed by atoms with Gasteiger partial charge in [0, 0.05) is 6.04 Å². The molecule has 3 nitrogen and oxygen atoms in total. The predicted octanol–water partition coefficient (Wildman–Crippen LogP) is 1.27. The van der Waals surface area contributed by atoms with Gasteiger partial charge in [0.1, 0.15) is 5.82 Å². The zero-order valence-electron chi connectivity index (χ0n) is 8.82. The number of rotatable bonds is 1. The molecule has 1 aliphatic heterocycles. The smallest absolute Gasteiger partial charge is 0.152 e. The van der Waals surface area contributed by atoms with E-state index in [-0.39, 0.29) is 23.4 Å². The van der Waals surface area contributed by atoms with Crippen molar-refractivity contribution in [2.24, 2.45) is 0 Å². The third-order valence-electron chi connectivity index (χ3n) is 2.69. The first-order chi connectivity index (χ1) is 7.57. The first kappa shape index (κ1) is 11.5. The maximum atomic E-state index is 13.0. The molecule has 0 aromatic heterocycles. The minimum atomic E-state index is -3.01. The van der Waals surface area contributed by atoms with Crippen LogP contribution in [-0.2, 0) is 9.84 Å². The van der Waals surface area contributed by atoms with E-state index in [9.17, 15) is 12.8 Å². The fourth-order valence-electron chi connectivity index (χ4n) is 1.90. The van der Waals surface area contributed by atoms with Crippen molar-refractivity contribution in [3.8, 4) is 0 Å². The molecule has 1 aliphatic rings. The van der Waals surface area contributed by atoms with Gasteiger partial charge in [-0.3, -0.25) is 0 Å². The molecular formula is C11H14FNO2S. The quantitative estimate of drug-likeness (QED) is 0.808. The van der Waals surface area contributed by atoms with Crippen LogP contribution >= 0.6 is 0 Å². The van der Waals surface area contributed by atoms with E-state index in [0.717, 1.165) is 0 Å². The second-order valence-electron chi connectivity index (χ2n) is 4.03. The predicted molar refractivity (Wildman–Crippen MR) is 60.4 cm³/mol. The summed E-state index contributed by atoms with van der Waals surface area (Å²) in [6.45, 7) is 0.653. The number of hydrogen-bond acceptors (Lipinski definition) is 3. The Bertz CT molecular complexity index is 473. The molecule has 0 spiro atoms. The summed E-state index contributed by atoms with van der Waals surface area (Å²) in [4.78, 5) is 0. The van der Waals surface area contributed by atoms with Crippen LogP contribution < -0.4 is 5.32 Å². The Morgan fingerprint density at radius 1 is 1.38 bits per heavy atom. The number of hydrogen-bond donors (Lipinski definition) is 1. The molecule has 1 fully saturated rings. The first-order valence-corrected chi connectivity index (χ1v) is 7.08. The second-order valence-corrected chi connectivity index (χ2v) is 6.26. The molecule has 0 bridgehead atoms. The van der Waals surface area contributed by atoms with Crippen molar-refractivity contribution in [2.45, 2.75) is 12.5 Å².